The molecule has 6 aliphatic carbocycles. The first kappa shape index (κ1) is 35.4. The van der Waals surface area contributed by atoms with Gasteiger partial charge in [0.05, 0.1) is 60.1 Å². The lowest BCUT2D eigenvalue weighted by atomic mass is 10.0. The van der Waals surface area contributed by atoms with Crippen molar-refractivity contribution in [1.82, 2.24) is 0 Å². The maximum atomic E-state index is 13.1. The minimum atomic E-state index is -0.628. The third kappa shape index (κ3) is 6.12. The summed E-state index contributed by atoms with van der Waals surface area (Å²) in [5, 5.41) is 0. The molecule has 0 atom stereocenters. The summed E-state index contributed by atoms with van der Waals surface area (Å²) >= 11 is 0. The van der Waals surface area contributed by atoms with E-state index in [2.05, 4.69) is 6.07 Å². The van der Waals surface area contributed by atoms with Crippen molar-refractivity contribution in [3.63, 3.8) is 0 Å². The van der Waals surface area contributed by atoms with Gasteiger partial charge >= 0.3 is 23.9 Å². The van der Waals surface area contributed by atoms with Crippen LogP contribution in [0.15, 0.2) is 84.9 Å². The summed E-state index contributed by atoms with van der Waals surface area (Å²) in [7, 11) is 0. The van der Waals surface area contributed by atoms with E-state index in [1.807, 2.05) is 54.6 Å². The molecule has 0 spiro atoms. The van der Waals surface area contributed by atoms with Crippen molar-refractivity contribution in [3.05, 3.63) is 107 Å². The largest absolute Gasteiger partial charge is 0.462 e. The predicted molar refractivity (Wildman–Crippen MR) is 200 cm³/mol. The Morgan fingerprint density at radius 3 is 0.962 bits per heavy atom. The maximum absolute atomic E-state index is 13.1. The summed E-state index contributed by atoms with van der Waals surface area (Å²) < 4.78 is 21.2. The lowest BCUT2D eigenvalue weighted by molar-refractivity contribution is 0.0513. The van der Waals surface area contributed by atoms with E-state index in [1.165, 1.54) is 0 Å². The molecular formula is C42H38N2O8. The molecule has 10 nitrogen and oxygen atoms in total. The highest BCUT2D eigenvalue weighted by Crippen LogP contribution is 2.46. The lowest BCUT2D eigenvalue weighted by Gasteiger charge is -2.04. The summed E-state index contributed by atoms with van der Waals surface area (Å²) in [6.45, 7) is 7.35. The van der Waals surface area contributed by atoms with Crippen LogP contribution in [-0.4, -0.2) is 50.3 Å². The number of esters is 4. The first-order valence-corrected chi connectivity index (χ1v) is 17.1. The van der Waals surface area contributed by atoms with Crippen LogP contribution < -0.4 is 11.5 Å². The van der Waals surface area contributed by atoms with Gasteiger partial charge in [-0.25, -0.2) is 19.2 Å². The zero-order chi connectivity index (χ0) is 37.1. The fraction of sp³-hybridized carbons (Fsp3) is 0.190. The Bertz CT molecular complexity index is 1990. The van der Waals surface area contributed by atoms with E-state index in [1.54, 1.807) is 52.0 Å². The molecule has 0 fully saturated rings. The van der Waals surface area contributed by atoms with Gasteiger partial charge in [0.1, 0.15) is 0 Å². The molecule has 0 saturated carbocycles. The summed E-state index contributed by atoms with van der Waals surface area (Å²) in [5.74, 6) is -2.51. The van der Waals surface area contributed by atoms with Crippen LogP contribution in [0.3, 0.4) is 0 Å². The predicted octanol–water partition coefficient (Wildman–Crippen LogP) is 8.21. The molecule has 0 aromatic heterocycles. The van der Waals surface area contributed by atoms with Crippen molar-refractivity contribution < 1.29 is 38.1 Å². The molecule has 0 radical (unpaired) electrons. The molecule has 0 heterocycles. The SMILES string of the molecule is CCOC(=O)c1c2ccc(-c3cc(-c4ccc5c(C(=O)OCC)c(N)c(C(=O)OCC)c-5cc4)c4cccccc3-4)ccc-2c(C(=O)OCC)c1N. The summed E-state index contributed by atoms with van der Waals surface area (Å²) in [6.07, 6.45) is 0. The molecule has 264 valence electrons. The van der Waals surface area contributed by atoms with E-state index < -0.39 is 23.9 Å². The third-order valence-electron chi connectivity index (χ3n) is 8.90. The van der Waals surface area contributed by atoms with Crippen molar-refractivity contribution in [2.75, 3.05) is 37.9 Å². The van der Waals surface area contributed by atoms with E-state index >= 15 is 0 Å². The number of anilines is 2. The number of rotatable bonds is 10. The van der Waals surface area contributed by atoms with Gasteiger partial charge in [0.2, 0.25) is 0 Å². The second-order valence-electron chi connectivity index (χ2n) is 11.8. The quantitative estimate of drug-likeness (QED) is 0.106. The number of hydrogen-bond donors (Lipinski definition) is 2. The number of nitrogens with two attached hydrogens (primary N) is 2. The topological polar surface area (TPSA) is 157 Å². The molecule has 6 aliphatic rings. The first-order chi connectivity index (χ1) is 25.2. The summed E-state index contributed by atoms with van der Waals surface area (Å²) in [5.41, 5.74) is 20.4. The summed E-state index contributed by atoms with van der Waals surface area (Å²) in [6, 6.07) is 26.5. The minimum Gasteiger partial charge on any atom is -0.462 e. The van der Waals surface area contributed by atoms with Gasteiger partial charge in [-0.2, -0.15) is 0 Å². The van der Waals surface area contributed by atoms with E-state index in [4.69, 9.17) is 30.4 Å². The Hall–Kier alpha value is -6.42. The molecule has 6 rings (SSSR count). The lowest BCUT2D eigenvalue weighted by Crippen LogP contribution is -2.09. The van der Waals surface area contributed by atoms with E-state index in [0.29, 0.717) is 22.3 Å². The molecule has 0 aromatic rings. The van der Waals surface area contributed by atoms with E-state index in [0.717, 1.165) is 33.4 Å². The molecule has 0 bridgehead atoms. The highest BCUT2D eigenvalue weighted by atomic mass is 16.5. The molecule has 0 aromatic carbocycles. The van der Waals surface area contributed by atoms with Crippen LogP contribution >= 0.6 is 0 Å². The van der Waals surface area contributed by atoms with Gasteiger partial charge in [-0.1, -0.05) is 78.9 Å². The van der Waals surface area contributed by atoms with Gasteiger partial charge in [0.25, 0.3) is 0 Å². The monoisotopic (exact) mass is 698 g/mol. The van der Waals surface area contributed by atoms with Crippen LogP contribution in [-0.2, 0) is 18.9 Å². The maximum Gasteiger partial charge on any atom is 0.340 e. The Morgan fingerprint density at radius 1 is 0.404 bits per heavy atom. The van der Waals surface area contributed by atoms with Gasteiger partial charge in [0.15, 0.2) is 0 Å². The third-order valence-corrected chi connectivity index (χ3v) is 8.90. The molecule has 0 unspecified atom stereocenters. The Labute approximate surface area is 301 Å². The van der Waals surface area contributed by atoms with Crippen molar-refractivity contribution >= 4 is 35.3 Å². The standard InChI is InChI=1S/C42H38N2O8/c1-5-49-39(45)33-27-18-14-23(15-19-28(27)34(37(33)43)40(46)50-6-2)31-22-32(26-13-11-9-10-12-25(26)31)24-16-20-29-30(21-17-24)36(42(48)52-8-4)38(44)35(29)41(47)51-7-3/h9-22H,5-8,43-44H2,1-4H3. The van der Waals surface area contributed by atoms with E-state index in [-0.39, 0.29) is 60.1 Å². The highest BCUT2D eigenvalue weighted by molar-refractivity contribution is 6.17. The molecule has 0 saturated heterocycles. The van der Waals surface area contributed by atoms with Gasteiger partial charge in [0, 0.05) is 0 Å². The number of nitrogen functional groups attached to an aromatic ring is 2. The zero-order valence-electron chi connectivity index (χ0n) is 29.3. The molecular weight excluding hydrogens is 660 g/mol. The van der Waals surface area contributed by atoms with Crippen LogP contribution in [0.25, 0.3) is 55.6 Å². The van der Waals surface area contributed by atoms with Crippen molar-refractivity contribution in [2.45, 2.75) is 27.7 Å². The Morgan fingerprint density at radius 2 is 0.692 bits per heavy atom. The number of carbonyl (C=O) groups is 4. The van der Waals surface area contributed by atoms with Crippen LogP contribution in [0, 0.1) is 0 Å². The van der Waals surface area contributed by atoms with E-state index in [9.17, 15) is 19.2 Å². The van der Waals surface area contributed by atoms with Gasteiger partial charge in [-0.3, -0.25) is 0 Å². The fourth-order valence-corrected chi connectivity index (χ4v) is 6.71. The highest BCUT2D eigenvalue weighted by Gasteiger charge is 2.32. The van der Waals surface area contributed by atoms with Crippen LogP contribution in [0.1, 0.15) is 69.1 Å². The molecule has 0 amide bonds. The van der Waals surface area contributed by atoms with Crippen LogP contribution in [0.2, 0.25) is 0 Å². The smallest absolute Gasteiger partial charge is 0.340 e. The zero-order valence-corrected chi connectivity index (χ0v) is 29.3. The van der Waals surface area contributed by atoms with Gasteiger partial charge in [-0.15, -0.1) is 0 Å². The fourth-order valence-electron chi connectivity index (χ4n) is 6.71. The number of carbonyl (C=O) groups excluding carboxylic acids is 4. The van der Waals surface area contributed by atoms with Crippen molar-refractivity contribution in [2.24, 2.45) is 0 Å². The average molecular weight is 699 g/mol. The van der Waals surface area contributed by atoms with Gasteiger partial charge in [-0.05, 0) is 89.4 Å². The van der Waals surface area contributed by atoms with Crippen molar-refractivity contribution in [3.8, 4) is 55.6 Å². The first-order valence-electron chi connectivity index (χ1n) is 17.1. The number of fused-ring (bicyclic) bond motifs is 3. The average Bonchev–Trinajstić information content (AvgIpc) is 3.42. The summed E-state index contributed by atoms with van der Waals surface area (Å²) in [4.78, 5) is 52.3. The Kier molecular flexibility index (Phi) is 10.1. The minimum absolute atomic E-state index is 0.0163. The number of ether oxygens (including phenoxy) is 4. The van der Waals surface area contributed by atoms with Gasteiger partial charge < -0.3 is 30.4 Å². The normalized spacial score (nSPS) is 11.1. The molecule has 10 heteroatoms. The van der Waals surface area contributed by atoms with Crippen molar-refractivity contribution in [1.29, 1.82) is 0 Å². The second kappa shape index (κ2) is 14.8. The van der Waals surface area contributed by atoms with Crippen LogP contribution in [0.4, 0.5) is 11.4 Å². The van der Waals surface area contributed by atoms with Crippen LogP contribution in [0.5, 0.6) is 0 Å². The second-order valence-corrected chi connectivity index (χ2v) is 11.8. The Balaban J connectivity index is 1.56. The molecule has 0 aliphatic heterocycles. The number of hydrogen-bond acceptors (Lipinski definition) is 10. The molecule has 4 N–H and O–H groups in total. The molecule has 52 heavy (non-hydrogen) atoms.